The average molecular weight is 517 g/mol. The summed E-state index contributed by atoms with van der Waals surface area (Å²) in [4.78, 5) is 4.27. The molecule has 0 aromatic carbocycles. The number of nitrogens with one attached hydrogen (secondary N) is 2. The van der Waals surface area contributed by atoms with Crippen LogP contribution in [0.15, 0.2) is 52.3 Å². The van der Waals surface area contributed by atoms with E-state index in [2.05, 4.69) is 55.9 Å². The van der Waals surface area contributed by atoms with Crippen LogP contribution < -0.4 is 10.5 Å². The molecule has 0 aliphatic carbocycles. The third-order valence-corrected chi connectivity index (χ3v) is 5.29. The summed E-state index contributed by atoms with van der Waals surface area (Å²) < 4.78 is 1.53. The first-order valence-corrected chi connectivity index (χ1v) is 11.6. The Bertz CT molecular complexity index is 792. The minimum absolute atomic E-state index is 0. The molecule has 1 unspecified atom stereocenters. The number of allylic oxidation sites excluding steroid dienone is 3. The number of aryl methyl sites for hydroxylation is 1. The smallest absolute Gasteiger partial charge is 0.678 e. The summed E-state index contributed by atoms with van der Waals surface area (Å²) in [6.45, 7) is 3.92. The Hall–Kier alpha value is -1.10. The summed E-state index contributed by atoms with van der Waals surface area (Å²) in [6, 6.07) is 5.83. The van der Waals surface area contributed by atoms with Gasteiger partial charge in [-0.2, -0.15) is 10.8 Å². The number of hydrogen-bond acceptors (Lipinski definition) is 5. The van der Waals surface area contributed by atoms with Crippen molar-refractivity contribution in [3.63, 3.8) is 0 Å². The molecule has 0 radical (unpaired) electrons. The maximum absolute atomic E-state index is 4.35. The van der Waals surface area contributed by atoms with Crippen molar-refractivity contribution >= 4 is 69.5 Å². The zero-order valence-electron chi connectivity index (χ0n) is 16.5. The number of nitrogens with zero attached hydrogens (tertiary/aromatic N) is 4. The number of hydrazone groups is 2. The quantitative estimate of drug-likeness (QED) is 0.109. The summed E-state index contributed by atoms with van der Waals surface area (Å²) in [7, 11) is 0. The Labute approximate surface area is 202 Å². The third-order valence-electron chi connectivity index (χ3n) is 3.04. The van der Waals surface area contributed by atoms with E-state index in [9.17, 15) is 0 Å². The van der Waals surface area contributed by atoms with Gasteiger partial charge in [-0.05, 0) is 48.4 Å². The van der Waals surface area contributed by atoms with Gasteiger partial charge >= 0.3 is 21.4 Å². The molecule has 29 heavy (non-hydrogen) atoms. The molecule has 1 aliphatic rings. The molecule has 0 saturated heterocycles. The standard InChI is InChI=1S/C9H12N3S2.C9H11N3S2.Cu/c2*1-7-4-3-5-8(11-7)6-10-12-9(13)14-2;/h3-6,8H,1-2H3,(H,12,13);3-6H,1-2H3,(H,12,13);/q-1;;+1/p+2. The fourth-order valence-electron chi connectivity index (χ4n) is 1.76. The number of aromatic nitrogens is 1. The van der Waals surface area contributed by atoms with Gasteiger partial charge in [0.25, 0.3) is 4.38 Å². The molecule has 0 saturated carbocycles. The predicted molar refractivity (Wildman–Crippen MR) is 134 cm³/mol. The molecular formula is C18H25CuN6S4+2. The number of thioether (sulfide) groups is 2. The van der Waals surface area contributed by atoms with Crippen molar-refractivity contribution in [3.8, 4) is 0 Å². The summed E-state index contributed by atoms with van der Waals surface area (Å²) in [5.41, 5.74) is 5.63. The molecule has 2 rings (SSSR count). The van der Waals surface area contributed by atoms with Crippen molar-refractivity contribution in [2.45, 2.75) is 19.9 Å². The van der Waals surface area contributed by atoms with Crippen LogP contribution in [-0.4, -0.2) is 44.7 Å². The van der Waals surface area contributed by atoms with E-state index in [4.69, 9.17) is 0 Å². The van der Waals surface area contributed by atoms with E-state index in [1.807, 2.05) is 62.8 Å². The van der Waals surface area contributed by atoms with Gasteiger partial charge in [0, 0.05) is 11.9 Å². The van der Waals surface area contributed by atoms with Crippen LogP contribution in [0.3, 0.4) is 0 Å². The van der Waals surface area contributed by atoms with Gasteiger partial charge in [-0.25, -0.2) is 5.43 Å². The molecule has 0 spiro atoms. The first kappa shape index (κ1) is 27.9. The van der Waals surface area contributed by atoms with Crippen LogP contribution in [0.2, 0.25) is 0 Å². The van der Waals surface area contributed by atoms with E-state index in [1.54, 1.807) is 12.4 Å². The van der Waals surface area contributed by atoms with Crippen LogP contribution >= 0.6 is 36.2 Å². The minimum atomic E-state index is 0. The SMILES string of the molecule is CSC(=[SH+])NN=CC1C=CC=C(C)[N-]1.CSC(S)=[NH+]N=Cc1cccc(C)n1.[Cu+]. The summed E-state index contributed by atoms with van der Waals surface area (Å²) >= 11 is 11.3. The Morgan fingerprint density at radius 1 is 1.34 bits per heavy atom. The molecule has 2 N–H and O–H groups in total. The first-order chi connectivity index (χ1) is 13.4. The fourth-order valence-corrected chi connectivity index (χ4v) is 2.17. The van der Waals surface area contributed by atoms with E-state index < -0.39 is 0 Å². The molecule has 0 bridgehead atoms. The van der Waals surface area contributed by atoms with Gasteiger partial charge in [-0.15, -0.1) is 0 Å². The van der Waals surface area contributed by atoms with Gasteiger partial charge in [0.05, 0.1) is 5.69 Å². The minimum Gasteiger partial charge on any atom is -0.678 e. The van der Waals surface area contributed by atoms with E-state index in [0.29, 0.717) is 0 Å². The fraction of sp³-hybridized carbons (Fsp3) is 0.278. The zero-order chi connectivity index (χ0) is 20.8. The molecule has 1 aromatic rings. The van der Waals surface area contributed by atoms with Crippen molar-refractivity contribution in [2.24, 2.45) is 10.2 Å². The Kier molecular flexibility index (Phi) is 16.0. The Morgan fingerprint density at radius 3 is 2.72 bits per heavy atom. The molecule has 11 heteroatoms. The second-order valence-electron chi connectivity index (χ2n) is 5.30. The molecule has 0 amide bonds. The average Bonchev–Trinajstić information content (AvgIpc) is 2.68. The molecule has 2 heterocycles. The number of hydrogen-bond donors (Lipinski definition) is 3. The first-order valence-electron chi connectivity index (χ1n) is 8.22. The molecule has 160 valence electrons. The second-order valence-corrected chi connectivity index (χ2v) is 8.43. The van der Waals surface area contributed by atoms with Crippen molar-refractivity contribution in [2.75, 3.05) is 12.5 Å². The van der Waals surface area contributed by atoms with Crippen molar-refractivity contribution in [1.29, 1.82) is 0 Å². The van der Waals surface area contributed by atoms with Gasteiger partial charge in [-0.1, -0.05) is 66.8 Å². The van der Waals surface area contributed by atoms with Gasteiger partial charge in [-0.3, -0.25) is 4.98 Å². The van der Waals surface area contributed by atoms with E-state index >= 15 is 0 Å². The Morgan fingerprint density at radius 2 is 2.10 bits per heavy atom. The van der Waals surface area contributed by atoms with Gasteiger partial charge in [0.15, 0.2) is 12.2 Å². The monoisotopic (exact) mass is 516 g/mol. The van der Waals surface area contributed by atoms with Crippen LogP contribution in [0.5, 0.6) is 0 Å². The Balaban J connectivity index is 0.000000523. The summed E-state index contributed by atoms with van der Waals surface area (Å²) in [6.07, 6.45) is 13.2. The molecular weight excluding hydrogens is 492 g/mol. The van der Waals surface area contributed by atoms with Crippen LogP contribution in [-0.2, 0) is 29.3 Å². The second kappa shape index (κ2) is 16.7. The van der Waals surface area contributed by atoms with E-state index in [1.165, 1.54) is 23.5 Å². The number of rotatable bonds is 4. The van der Waals surface area contributed by atoms with Gasteiger partial charge < -0.3 is 5.32 Å². The van der Waals surface area contributed by atoms with Crippen LogP contribution in [0.4, 0.5) is 0 Å². The molecule has 1 aromatic heterocycles. The van der Waals surface area contributed by atoms with Crippen molar-refractivity contribution in [3.05, 3.63) is 58.8 Å². The molecule has 6 nitrogen and oxygen atoms in total. The van der Waals surface area contributed by atoms with Crippen LogP contribution in [0.25, 0.3) is 5.32 Å². The third kappa shape index (κ3) is 13.7. The molecule has 1 aliphatic heterocycles. The van der Waals surface area contributed by atoms with Gasteiger partial charge in [0.1, 0.15) is 6.21 Å². The molecule has 0 fully saturated rings. The summed E-state index contributed by atoms with van der Waals surface area (Å²) in [5.74, 6) is 0. The van der Waals surface area contributed by atoms with Crippen LogP contribution in [0, 0.1) is 6.92 Å². The zero-order valence-corrected chi connectivity index (χ0v) is 20.9. The van der Waals surface area contributed by atoms with Crippen molar-refractivity contribution in [1.82, 2.24) is 10.4 Å². The van der Waals surface area contributed by atoms with Gasteiger partial charge in [0.2, 0.25) is 0 Å². The predicted octanol–water partition coefficient (Wildman–Crippen LogP) is 1.96. The summed E-state index contributed by atoms with van der Waals surface area (Å²) in [5, 5.41) is 15.1. The number of thiol groups is 2. The van der Waals surface area contributed by atoms with E-state index in [-0.39, 0.29) is 23.1 Å². The molecule has 1 atom stereocenters. The maximum atomic E-state index is 4.35. The van der Waals surface area contributed by atoms with E-state index in [0.717, 1.165) is 25.8 Å². The van der Waals surface area contributed by atoms with Crippen LogP contribution in [0.1, 0.15) is 18.3 Å². The topological polar surface area (TPSA) is 77.7 Å². The van der Waals surface area contributed by atoms with Crippen molar-refractivity contribution < 1.29 is 22.2 Å². The number of pyridine rings is 1. The normalized spacial score (nSPS) is 15.8. The maximum Gasteiger partial charge on any atom is 1.00 e. The largest absolute Gasteiger partial charge is 1.00 e.